The second-order valence-corrected chi connectivity index (χ2v) is 5.14. The van der Waals surface area contributed by atoms with Gasteiger partial charge in [0.15, 0.2) is 0 Å². The Kier molecular flexibility index (Phi) is 4.35. The van der Waals surface area contributed by atoms with Crippen LogP contribution in [-0.4, -0.2) is 28.2 Å². The van der Waals surface area contributed by atoms with Crippen molar-refractivity contribution in [3.63, 3.8) is 0 Å². The van der Waals surface area contributed by atoms with Gasteiger partial charge >= 0.3 is 12.0 Å². The van der Waals surface area contributed by atoms with Gasteiger partial charge in [-0.2, -0.15) is 4.98 Å². The molecule has 1 atom stereocenters. The largest absolute Gasteiger partial charge is 0.481 e. The van der Waals surface area contributed by atoms with Gasteiger partial charge in [0.05, 0.1) is 12.8 Å². The van der Waals surface area contributed by atoms with Crippen LogP contribution in [0.5, 0.6) is 6.01 Å². The molecule has 1 N–H and O–H groups in total. The summed E-state index contributed by atoms with van der Waals surface area (Å²) >= 11 is 0. The van der Waals surface area contributed by atoms with Gasteiger partial charge in [-0.1, -0.05) is 19.3 Å². The number of carbonyl (C=O) groups is 1. The third-order valence-corrected chi connectivity index (χ3v) is 3.85. The van der Waals surface area contributed by atoms with Crippen molar-refractivity contribution in [2.75, 3.05) is 7.11 Å². The Morgan fingerprint density at radius 1 is 1.42 bits per heavy atom. The third kappa shape index (κ3) is 3.03. The summed E-state index contributed by atoms with van der Waals surface area (Å²) in [6, 6.07) is 0.239. The highest BCUT2D eigenvalue weighted by atomic mass is 16.5. The molecule has 1 aromatic heterocycles. The molecule has 1 aromatic rings. The summed E-state index contributed by atoms with van der Waals surface area (Å²) in [6.07, 6.45) is 6.98. The summed E-state index contributed by atoms with van der Waals surface area (Å²) in [7, 11) is 1.49. The first-order chi connectivity index (χ1) is 9.13. The van der Waals surface area contributed by atoms with Gasteiger partial charge in [0.1, 0.15) is 5.92 Å². The Hall–Kier alpha value is -1.65. The van der Waals surface area contributed by atoms with E-state index in [1.807, 2.05) is 6.92 Å². The number of ether oxygens (including phenoxy) is 1. The highest BCUT2D eigenvalue weighted by molar-refractivity contribution is 5.76. The average molecular weight is 264 g/mol. The van der Waals surface area contributed by atoms with E-state index in [-0.39, 0.29) is 11.9 Å². The van der Waals surface area contributed by atoms with Crippen LogP contribution in [0.4, 0.5) is 0 Å². The van der Waals surface area contributed by atoms with Crippen molar-refractivity contribution < 1.29 is 14.6 Å². The zero-order valence-corrected chi connectivity index (χ0v) is 11.4. The zero-order chi connectivity index (χ0) is 13.8. The maximum atomic E-state index is 11.6. The minimum atomic E-state index is -0.796. The average Bonchev–Trinajstić information content (AvgIpc) is 2.42. The second kappa shape index (κ2) is 5.99. The number of carboxylic acids is 1. The van der Waals surface area contributed by atoms with E-state index in [1.165, 1.54) is 13.5 Å². The standard InChI is InChI=1S/C14H20N2O3/c1-9-8-15-14(19-2)16-12(9)11(13(17)18)10-6-4-3-5-7-10/h8,10-11H,3-7H2,1-2H3,(H,17,18). The molecule has 0 spiro atoms. The second-order valence-electron chi connectivity index (χ2n) is 5.14. The predicted octanol–water partition coefficient (Wildman–Crippen LogP) is 2.54. The lowest BCUT2D eigenvalue weighted by molar-refractivity contribution is -0.140. The Bertz CT molecular complexity index is 456. The van der Waals surface area contributed by atoms with Crippen molar-refractivity contribution in [1.29, 1.82) is 0 Å². The molecule has 5 nitrogen and oxygen atoms in total. The maximum absolute atomic E-state index is 11.6. The summed E-state index contributed by atoms with van der Waals surface area (Å²) in [5.41, 5.74) is 1.42. The Labute approximate surface area is 113 Å². The summed E-state index contributed by atoms with van der Waals surface area (Å²) in [4.78, 5) is 19.9. The SMILES string of the molecule is COc1ncc(C)c(C(C(=O)O)C2CCCCC2)n1. The summed E-state index contributed by atoms with van der Waals surface area (Å²) in [5, 5.41) is 9.57. The fraction of sp³-hybridized carbons (Fsp3) is 0.643. The van der Waals surface area contributed by atoms with Gasteiger partial charge in [-0.3, -0.25) is 4.79 Å². The van der Waals surface area contributed by atoms with E-state index < -0.39 is 11.9 Å². The quantitative estimate of drug-likeness (QED) is 0.904. The van der Waals surface area contributed by atoms with E-state index in [0.29, 0.717) is 5.69 Å². The Balaban J connectivity index is 2.35. The van der Waals surface area contributed by atoms with Crippen LogP contribution < -0.4 is 4.74 Å². The fourth-order valence-corrected chi connectivity index (χ4v) is 2.86. The molecule has 1 unspecified atom stereocenters. The van der Waals surface area contributed by atoms with Crippen molar-refractivity contribution in [3.05, 3.63) is 17.5 Å². The van der Waals surface area contributed by atoms with E-state index in [1.54, 1.807) is 6.20 Å². The normalized spacial score (nSPS) is 18.0. The number of hydrogen-bond donors (Lipinski definition) is 1. The molecule has 1 aliphatic rings. The minimum Gasteiger partial charge on any atom is -0.481 e. The molecule has 0 saturated heterocycles. The van der Waals surface area contributed by atoms with Crippen LogP contribution in [0.2, 0.25) is 0 Å². The van der Waals surface area contributed by atoms with Gasteiger partial charge in [0, 0.05) is 6.20 Å². The summed E-state index contributed by atoms with van der Waals surface area (Å²) < 4.78 is 5.01. The molecular formula is C14H20N2O3. The van der Waals surface area contributed by atoms with Gasteiger partial charge < -0.3 is 9.84 Å². The molecule has 0 bridgehead atoms. The zero-order valence-electron chi connectivity index (χ0n) is 11.4. The molecule has 1 heterocycles. The number of aromatic nitrogens is 2. The number of nitrogens with zero attached hydrogens (tertiary/aromatic N) is 2. The minimum absolute atomic E-state index is 0.171. The first kappa shape index (κ1) is 13.8. The van der Waals surface area contributed by atoms with Gasteiger partial charge in [0.25, 0.3) is 0 Å². The molecule has 0 aromatic carbocycles. The molecule has 1 saturated carbocycles. The van der Waals surface area contributed by atoms with Gasteiger partial charge in [0.2, 0.25) is 0 Å². The van der Waals surface area contributed by atoms with Crippen molar-refractivity contribution >= 4 is 5.97 Å². The number of rotatable bonds is 4. The van der Waals surface area contributed by atoms with Crippen LogP contribution in [0.3, 0.4) is 0 Å². The van der Waals surface area contributed by atoms with Crippen molar-refractivity contribution in [2.45, 2.75) is 44.9 Å². The first-order valence-electron chi connectivity index (χ1n) is 6.73. The van der Waals surface area contributed by atoms with Gasteiger partial charge in [-0.15, -0.1) is 0 Å². The summed E-state index contributed by atoms with van der Waals surface area (Å²) in [5.74, 6) is -1.17. The smallest absolute Gasteiger partial charge is 0.316 e. The van der Waals surface area contributed by atoms with Gasteiger partial charge in [-0.05, 0) is 31.2 Å². The Morgan fingerprint density at radius 3 is 2.68 bits per heavy atom. The molecule has 0 aliphatic heterocycles. The van der Waals surface area contributed by atoms with Crippen LogP contribution >= 0.6 is 0 Å². The van der Waals surface area contributed by atoms with Gasteiger partial charge in [-0.25, -0.2) is 4.98 Å². The monoisotopic (exact) mass is 264 g/mol. The first-order valence-corrected chi connectivity index (χ1v) is 6.73. The summed E-state index contributed by atoms with van der Waals surface area (Å²) in [6.45, 7) is 1.85. The lowest BCUT2D eigenvalue weighted by Gasteiger charge is -2.27. The lowest BCUT2D eigenvalue weighted by atomic mass is 9.77. The van der Waals surface area contributed by atoms with Crippen LogP contribution in [0.25, 0.3) is 0 Å². The molecule has 19 heavy (non-hydrogen) atoms. The fourth-order valence-electron chi connectivity index (χ4n) is 2.86. The molecule has 5 heteroatoms. The van der Waals surface area contributed by atoms with E-state index in [4.69, 9.17) is 4.74 Å². The Morgan fingerprint density at radius 2 is 2.11 bits per heavy atom. The number of aryl methyl sites for hydroxylation is 1. The molecule has 0 amide bonds. The van der Waals surface area contributed by atoms with Crippen LogP contribution in [0.1, 0.15) is 49.3 Å². The molecule has 0 radical (unpaired) electrons. The van der Waals surface area contributed by atoms with Crippen molar-refractivity contribution in [2.24, 2.45) is 5.92 Å². The number of hydrogen-bond acceptors (Lipinski definition) is 4. The van der Waals surface area contributed by atoms with Crippen LogP contribution in [-0.2, 0) is 4.79 Å². The molecule has 1 fully saturated rings. The molecular weight excluding hydrogens is 244 g/mol. The maximum Gasteiger partial charge on any atom is 0.316 e. The number of carboxylic acid groups (broad SMARTS) is 1. The van der Waals surface area contributed by atoms with Crippen molar-refractivity contribution in [1.82, 2.24) is 9.97 Å². The molecule has 104 valence electrons. The highest BCUT2D eigenvalue weighted by Gasteiger charge is 2.33. The molecule has 1 aliphatic carbocycles. The van der Waals surface area contributed by atoms with Crippen LogP contribution in [0.15, 0.2) is 6.20 Å². The van der Waals surface area contributed by atoms with E-state index >= 15 is 0 Å². The van der Waals surface area contributed by atoms with E-state index in [2.05, 4.69) is 9.97 Å². The van der Waals surface area contributed by atoms with E-state index in [0.717, 1.165) is 31.2 Å². The van der Waals surface area contributed by atoms with Crippen molar-refractivity contribution in [3.8, 4) is 6.01 Å². The number of methoxy groups -OCH3 is 1. The molecule has 2 rings (SSSR count). The lowest BCUT2D eigenvalue weighted by Crippen LogP contribution is -2.25. The number of aliphatic carboxylic acids is 1. The highest BCUT2D eigenvalue weighted by Crippen LogP contribution is 2.36. The van der Waals surface area contributed by atoms with E-state index in [9.17, 15) is 9.90 Å². The topological polar surface area (TPSA) is 72.3 Å². The predicted molar refractivity (Wildman–Crippen MR) is 70.3 cm³/mol. The third-order valence-electron chi connectivity index (χ3n) is 3.85. The van der Waals surface area contributed by atoms with Crippen LogP contribution in [0, 0.1) is 12.8 Å².